The summed E-state index contributed by atoms with van der Waals surface area (Å²) in [6, 6.07) is 5.63. The highest BCUT2D eigenvalue weighted by molar-refractivity contribution is 5.95. The summed E-state index contributed by atoms with van der Waals surface area (Å²) in [5, 5.41) is 13.3. The Labute approximate surface area is 153 Å². The minimum atomic E-state index is -0.948. The minimum Gasteiger partial charge on any atom is -0.453 e. The van der Waals surface area contributed by atoms with Crippen LogP contribution in [-0.2, 0) is 14.3 Å². The SMILES string of the molecule is CC(OC(=O)CCCC1CCCCC1)C(=O)Nc1cccc([N+](=O)[O-])c1. The number of benzene rings is 1. The Morgan fingerprint density at radius 2 is 2.04 bits per heavy atom. The van der Waals surface area contributed by atoms with Gasteiger partial charge in [0.2, 0.25) is 0 Å². The first kappa shape index (κ1) is 19.9. The molecule has 2 rings (SSSR count). The van der Waals surface area contributed by atoms with E-state index in [0.29, 0.717) is 18.0 Å². The van der Waals surface area contributed by atoms with Gasteiger partial charge in [0.05, 0.1) is 4.92 Å². The first-order valence-electron chi connectivity index (χ1n) is 9.20. The average Bonchev–Trinajstić information content (AvgIpc) is 2.62. The van der Waals surface area contributed by atoms with Crippen LogP contribution in [0.1, 0.15) is 58.3 Å². The summed E-state index contributed by atoms with van der Waals surface area (Å²) in [5.74, 6) is -0.181. The van der Waals surface area contributed by atoms with E-state index in [1.54, 1.807) is 6.07 Å². The van der Waals surface area contributed by atoms with Gasteiger partial charge in [-0.15, -0.1) is 0 Å². The number of nitrogens with one attached hydrogen (secondary N) is 1. The second-order valence-electron chi connectivity index (χ2n) is 6.83. The van der Waals surface area contributed by atoms with Crippen molar-refractivity contribution in [2.45, 2.75) is 64.4 Å². The van der Waals surface area contributed by atoms with Gasteiger partial charge in [-0.3, -0.25) is 19.7 Å². The van der Waals surface area contributed by atoms with E-state index in [0.717, 1.165) is 12.8 Å². The molecular weight excluding hydrogens is 336 g/mol. The van der Waals surface area contributed by atoms with Crippen LogP contribution in [0.25, 0.3) is 0 Å². The number of hydrogen-bond acceptors (Lipinski definition) is 5. The molecule has 0 aliphatic heterocycles. The molecule has 0 bridgehead atoms. The van der Waals surface area contributed by atoms with Crippen LogP contribution < -0.4 is 5.32 Å². The number of non-ortho nitro benzene ring substituents is 1. The molecule has 0 heterocycles. The maximum absolute atomic E-state index is 12.1. The van der Waals surface area contributed by atoms with Gasteiger partial charge in [-0.2, -0.15) is 0 Å². The highest BCUT2D eigenvalue weighted by Gasteiger charge is 2.19. The van der Waals surface area contributed by atoms with Gasteiger partial charge in [0.15, 0.2) is 6.10 Å². The molecule has 1 fully saturated rings. The van der Waals surface area contributed by atoms with E-state index < -0.39 is 16.9 Å². The van der Waals surface area contributed by atoms with Crippen molar-refractivity contribution in [2.24, 2.45) is 5.92 Å². The lowest BCUT2D eigenvalue weighted by Gasteiger charge is -2.21. The van der Waals surface area contributed by atoms with Gasteiger partial charge < -0.3 is 10.1 Å². The van der Waals surface area contributed by atoms with Gasteiger partial charge >= 0.3 is 5.97 Å². The number of hydrogen-bond donors (Lipinski definition) is 1. The Bertz CT molecular complexity index is 641. The lowest BCUT2D eigenvalue weighted by molar-refractivity contribution is -0.384. The third-order valence-corrected chi connectivity index (χ3v) is 4.72. The summed E-state index contributed by atoms with van der Waals surface area (Å²) >= 11 is 0. The summed E-state index contributed by atoms with van der Waals surface area (Å²) in [4.78, 5) is 34.2. The topological polar surface area (TPSA) is 98.5 Å². The van der Waals surface area contributed by atoms with Crippen LogP contribution in [0.5, 0.6) is 0 Å². The highest BCUT2D eigenvalue weighted by atomic mass is 16.6. The molecule has 1 aliphatic rings. The zero-order valence-electron chi connectivity index (χ0n) is 15.1. The molecule has 1 aromatic rings. The molecule has 1 saturated carbocycles. The normalized spacial score (nSPS) is 15.9. The Morgan fingerprint density at radius 3 is 2.73 bits per heavy atom. The predicted molar refractivity (Wildman–Crippen MR) is 97.7 cm³/mol. The smallest absolute Gasteiger partial charge is 0.306 e. The summed E-state index contributed by atoms with van der Waals surface area (Å²) in [6.07, 6.45) is 7.55. The number of carbonyl (C=O) groups is 2. The highest BCUT2D eigenvalue weighted by Crippen LogP contribution is 2.27. The van der Waals surface area contributed by atoms with E-state index in [2.05, 4.69) is 5.32 Å². The van der Waals surface area contributed by atoms with Crippen LogP contribution in [0.4, 0.5) is 11.4 Å². The number of rotatable bonds is 8. The lowest BCUT2D eigenvalue weighted by atomic mass is 9.86. The number of carbonyl (C=O) groups excluding carboxylic acids is 2. The van der Waals surface area contributed by atoms with E-state index >= 15 is 0 Å². The molecule has 1 amide bonds. The number of esters is 1. The fourth-order valence-electron chi connectivity index (χ4n) is 3.26. The Morgan fingerprint density at radius 1 is 1.31 bits per heavy atom. The number of nitro groups is 1. The third kappa shape index (κ3) is 6.46. The summed E-state index contributed by atoms with van der Waals surface area (Å²) in [5.41, 5.74) is 0.180. The van der Waals surface area contributed by atoms with Crippen molar-refractivity contribution in [3.63, 3.8) is 0 Å². The van der Waals surface area contributed by atoms with Gasteiger partial charge in [-0.05, 0) is 31.7 Å². The van der Waals surface area contributed by atoms with Crippen LogP contribution in [0.15, 0.2) is 24.3 Å². The van der Waals surface area contributed by atoms with E-state index in [9.17, 15) is 19.7 Å². The molecule has 0 radical (unpaired) electrons. The summed E-state index contributed by atoms with van der Waals surface area (Å²) in [7, 11) is 0. The molecule has 7 nitrogen and oxygen atoms in total. The van der Waals surface area contributed by atoms with Crippen molar-refractivity contribution < 1.29 is 19.2 Å². The van der Waals surface area contributed by atoms with Gasteiger partial charge in [-0.1, -0.05) is 38.2 Å². The van der Waals surface area contributed by atoms with Crippen molar-refractivity contribution in [1.82, 2.24) is 0 Å². The number of anilines is 1. The van der Waals surface area contributed by atoms with E-state index in [4.69, 9.17) is 4.74 Å². The van der Waals surface area contributed by atoms with Crippen LogP contribution in [0, 0.1) is 16.0 Å². The maximum atomic E-state index is 12.1. The first-order valence-corrected chi connectivity index (χ1v) is 9.20. The number of nitrogens with zero attached hydrogens (tertiary/aromatic N) is 1. The first-order chi connectivity index (χ1) is 12.5. The quantitative estimate of drug-likeness (QED) is 0.424. The third-order valence-electron chi connectivity index (χ3n) is 4.72. The molecule has 1 aliphatic carbocycles. The lowest BCUT2D eigenvalue weighted by Crippen LogP contribution is -2.30. The fourth-order valence-corrected chi connectivity index (χ4v) is 3.26. The van der Waals surface area contributed by atoms with E-state index in [1.165, 1.54) is 57.2 Å². The molecule has 7 heteroatoms. The van der Waals surface area contributed by atoms with Gasteiger partial charge in [0.1, 0.15) is 0 Å². The molecule has 26 heavy (non-hydrogen) atoms. The molecule has 0 aromatic heterocycles. The van der Waals surface area contributed by atoms with Gasteiger partial charge in [0, 0.05) is 24.2 Å². The molecule has 0 spiro atoms. The number of nitro benzene ring substituents is 1. The predicted octanol–water partition coefficient (Wildman–Crippen LogP) is 4.22. The van der Waals surface area contributed by atoms with Crippen molar-refractivity contribution in [1.29, 1.82) is 0 Å². The minimum absolute atomic E-state index is 0.116. The molecule has 1 aromatic carbocycles. The second-order valence-corrected chi connectivity index (χ2v) is 6.83. The summed E-state index contributed by atoms with van der Waals surface area (Å²) in [6.45, 7) is 1.49. The Kier molecular flexibility index (Phi) is 7.56. The van der Waals surface area contributed by atoms with Gasteiger partial charge in [-0.25, -0.2) is 0 Å². The molecule has 1 unspecified atom stereocenters. The van der Waals surface area contributed by atoms with Crippen molar-refractivity contribution in [3.8, 4) is 0 Å². The molecule has 1 N–H and O–H groups in total. The monoisotopic (exact) mass is 362 g/mol. The maximum Gasteiger partial charge on any atom is 0.306 e. The molecule has 1 atom stereocenters. The van der Waals surface area contributed by atoms with Crippen molar-refractivity contribution in [3.05, 3.63) is 34.4 Å². The Balaban J connectivity index is 1.72. The molecule has 0 saturated heterocycles. The number of amides is 1. The van der Waals surface area contributed by atoms with Crippen LogP contribution in [0.2, 0.25) is 0 Å². The van der Waals surface area contributed by atoms with Crippen LogP contribution in [0.3, 0.4) is 0 Å². The largest absolute Gasteiger partial charge is 0.453 e. The zero-order valence-corrected chi connectivity index (χ0v) is 15.1. The van der Waals surface area contributed by atoms with Crippen LogP contribution in [-0.4, -0.2) is 22.9 Å². The zero-order chi connectivity index (χ0) is 18.9. The summed E-state index contributed by atoms with van der Waals surface area (Å²) < 4.78 is 5.17. The van der Waals surface area contributed by atoms with Crippen LogP contribution >= 0.6 is 0 Å². The van der Waals surface area contributed by atoms with E-state index in [-0.39, 0.29) is 11.7 Å². The van der Waals surface area contributed by atoms with E-state index in [1.807, 2.05) is 0 Å². The van der Waals surface area contributed by atoms with Crippen molar-refractivity contribution in [2.75, 3.05) is 5.32 Å². The van der Waals surface area contributed by atoms with Crippen molar-refractivity contribution >= 4 is 23.3 Å². The Hall–Kier alpha value is -2.44. The van der Waals surface area contributed by atoms with Gasteiger partial charge in [0.25, 0.3) is 11.6 Å². The second kappa shape index (κ2) is 9.89. The number of ether oxygens (including phenoxy) is 1. The standard InChI is InChI=1S/C19H26N2O5/c1-14(19(23)20-16-10-6-11-17(13-16)21(24)25)26-18(22)12-5-9-15-7-3-2-4-8-15/h6,10-11,13-15H,2-5,7-9,12H2,1H3,(H,20,23). The average molecular weight is 362 g/mol. The molecular formula is C19H26N2O5. The molecule has 142 valence electrons. The fraction of sp³-hybridized carbons (Fsp3) is 0.579.